The van der Waals surface area contributed by atoms with Gasteiger partial charge >= 0.3 is 0 Å². The highest BCUT2D eigenvalue weighted by Crippen LogP contribution is 2.19. The smallest absolute Gasteiger partial charge is 0.0300 e. The second kappa shape index (κ2) is 118. The number of unbranched alkanes of at least 4 members (excludes halogenated alkanes) is 4. The summed E-state index contributed by atoms with van der Waals surface area (Å²) in [5.74, 6) is 11.7. The van der Waals surface area contributed by atoms with Crippen molar-refractivity contribution in [3.8, 4) is 0 Å². The van der Waals surface area contributed by atoms with E-state index in [2.05, 4.69) is 442 Å². The van der Waals surface area contributed by atoms with Crippen LogP contribution in [0.4, 0.5) is 0 Å². The van der Waals surface area contributed by atoms with Crippen LogP contribution < -0.4 is 0 Å². The quantitative estimate of drug-likeness (QED) is 0.0324. The molecule has 0 aromatic carbocycles. The first-order valence-corrected chi connectivity index (χ1v) is 51.7. The zero-order chi connectivity index (χ0) is 98.5. The molecule has 0 nitrogen and oxygen atoms in total. The lowest BCUT2D eigenvalue weighted by molar-refractivity contribution is 0.395. The molecule has 1 unspecified atom stereocenters. The molecular weight excluding hydrogens is 1480 g/mol. The summed E-state index contributed by atoms with van der Waals surface area (Å²) < 4.78 is 0. The molecule has 0 N–H and O–H groups in total. The fourth-order valence-electron chi connectivity index (χ4n) is 10.9. The van der Waals surface area contributed by atoms with Crippen molar-refractivity contribution in [3.05, 3.63) is 179 Å². The second-order valence-corrected chi connectivity index (χ2v) is 42.1. The Morgan fingerprint density at radius 3 is 0.894 bits per heavy atom. The highest BCUT2D eigenvalue weighted by molar-refractivity contribution is 5.08. The zero-order valence-corrected chi connectivity index (χ0v) is 94.5. The van der Waals surface area contributed by atoms with Crippen LogP contribution in [0.15, 0.2) is 179 Å². The van der Waals surface area contributed by atoms with Crippen LogP contribution in [0, 0.1) is 82.9 Å². The summed E-state index contributed by atoms with van der Waals surface area (Å²) >= 11 is 0. The lowest BCUT2D eigenvalue weighted by atomic mass is 9.93. The molecule has 0 bridgehead atoms. The maximum absolute atomic E-state index is 3.87. The van der Waals surface area contributed by atoms with Gasteiger partial charge < -0.3 is 0 Å². The molecule has 0 amide bonds. The molecular formula is C123H242. The third kappa shape index (κ3) is 220. The number of rotatable bonds is 49. The van der Waals surface area contributed by atoms with E-state index >= 15 is 0 Å². The van der Waals surface area contributed by atoms with Gasteiger partial charge in [-0.15, -0.1) is 26.3 Å². The third-order valence-electron chi connectivity index (χ3n) is 18.9. The second-order valence-electron chi connectivity index (χ2n) is 42.1. The van der Waals surface area contributed by atoms with E-state index in [4.69, 9.17) is 0 Å². The molecule has 0 aliphatic carbocycles. The number of hydrogen-bond donors (Lipinski definition) is 0. The van der Waals surface area contributed by atoms with E-state index in [0.29, 0.717) is 0 Å². The molecule has 734 valence electrons. The van der Waals surface area contributed by atoms with Crippen molar-refractivity contribution in [3.63, 3.8) is 0 Å². The summed E-state index contributed by atoms with van der Waals surface area (Å²) in [5.41, 5.74) is 14.1. The van der Waals surface area contributed by atoms with Gasteiger partial charge in [-0.1, -0.05) is 399 Å². The fourth-order valence-corrected chi connectivity index (χ4v) is 10.9. The number of hydrogen-bond acceptors (Lipinski definition) is 0. The molecule has 0 spiro atoms. The van der Waals surface area contributed by atoms with Crippen molar-refractivity contribution in [2.45, 2.75) is 530 Å². The molecule has 0 heterocycles. The SMILES string of the molecule is C/C=C/CC(C)C.C/C=C/CCC(C)C.C/C=C/CCCC(C)C.C=C(C)CC(C)C.C=C(C)CCC(C)C.C=C(C)CCCC(C)C.C=C(C)CCCCC(C)C.CC(C)=C/C=C/CC/C=C/CCC(C)C.CC(C)=CCC(C)C.CC(C)=CCCC(C)C(C)C.CC/C=C(\C)CC(C)C.CC/C=C(\C)CCC(C)C.CC/C=C(\C)CCCCC(C)C. The largest absolute Gasteiger partial charge is 0.100 e. The summed E-state index contributed by atoms with van der Waals surface area (Å²) in [6.45, 7) is 117. The van der Waals surface area contributed by atoms with Crippen molar-refractivity contribution in [1.29, 1.82) is 0 Å². The lowest BCUT2D eigenvalue weighted by Gasteiger charge is -2.13. The molecule has 0 heteroatoms. The van der Waals surface area contributed by atoms with Crippen molar-refractivity contribution in [1.82, 2.24) is 0 Å². The van der Waals surface area contributed by atoms with Crippen LogP contribution >= 0.6 is 0 Å². The molecule has 0 radical (unpaired) electrons. The first kappa shape index (κ1) is 148. The molecule has 0 saturated carbocycles. The average Bonchev–Trinajstić information content (AvgIpc) is 1.05. The van der Waals surface area contributed by atoms with Gasteiger partial charge in [0.15, 0.2) is 0 Å². The normalized spacial score (nSPS) is 11.5. The fraction of sp³-hybridized carbons (Fsp3) is 0.756. The monoisotopic (exact) mass is 1720 g/mol. The molecule has 0 fully saturated rings. The van der Waals surface area contributed by atoms with Gasteiger partial charge in [0.2, 0.25) is 0 Å². The first-order chi connectivity index (χ1) is 57.1. The van der Waals surface area contributed by atoms with Gasteiger partial charge in [-0.3, -0.25) is 0 Å². The average molecular weight is 1720 g/mol. The van der Waals surface area contributed by atoms with Gasteiger partial charge in [-0.2, -0.15) is 0 Å². The summed E-state index contributed by atoms with van der Waals surface area (Å²) in [6.07, 6.45) is 77.9. The Balaban J connectivity index is -0.0000000974. The topological polar surface area (TPSA) is 0 Å². The van der Waals surface area contributed by atoms with Gasteiger partial charge in [0.1, 0.15) is 0 Å². The van der Waals surface area contributed by atoms with Gasteiger partial charge in [0.05, 0.1) is 0 Å². The first-order valence-electron chi connectivity index (χ1n) is 51.7. The van der Waals surface area contributed by atoms with E-state index < -0.39 is 0 Å². The standard InChI is InChI=1S/C15H26.C12H24.C11H22.2C10H20.3C9H18.3C8H16.2C7H14/c1-14(2)12-10-8-6-5-7-9-11-13-15(3)4;1-5-8-12(4)10-7-6-9-11(2)3;1-9(2)7-6-8-11(5)10(3)4;1-9(2)7-5-6-8-10(3)4;1-5-6-10(4)8-7-9(2)3;1-8(2)6-5-7-9(3)4;1-5-6-9(4)7-8(2)3;1-4-5-6-7-8-9(2)3;2*1-7(2)5-6-8(3)4;1-4-5-6-7-8(2)3;1-6(2)5-7(3)4;1-4-5-6-7(2)3/h6,8-9,11,13-14H,5,7,10,12H2,1-4H3;8,11H,5-7,9-10H2,1-4H3;7,10-11H,6,8H2,1-5H3;10H,1,5-8H2,2-4H3;6,9H,5,7-8H2,1-4H3;9H,1,5-7H2,2-4H3;6,8H,5,7H2,1-4H3;4-5,9H,6-8H2,1-3H3;5,8H,6H2,1-4H3;8H,1,5-6H2,2-4H3;4-5,8H,6-7H2,1-3H3;7H,1,5H2,2-4H3;4-5,7H,6H2,1-3H3/b8-6+,11-9+;12-8+;;;10-6+;;9-6+;5-4+;;;5-4+;;5-4+. The van der Waals surface area contributed by atoms with Gasteiger partial charge in [0, 0.05) is 0 Å². The Labute approximate surface area is 787 Å². The van der Waals surface area contributed by atoms with Gasteiger partial charge in [-0.25, -0.2) is 0 Å². The minimum absolute atomic E-state index is 0.775. The predicted octanol–water partition coefficient (Wildman–Crippen LogP) is 45.8. The Hall–Kier alpha value is -3.90. The van der Waals surface area contributed by atoms with Crippen LogP contribution in [-0.4, -0.2) is 0 Å². The van der Waals surface area contributed by atoms with Crippen LogP contribution in [0.2, 0.25) is 0 Å². The van der Waals surface area contributed by atoms with Crippen LogP contribution in [0.25, 0.3) is 0 Å². The molecule has 1 atom stereocenters. The van der Waals surface area contributed by atoms with Crippen LogP contribution in [0.1, 0.15) is 530 Å². The highest BCUT2D eigenvalue weighted by Gasteiger charge is 2.05. The van der Waals surface area contributed by atoms with Gasteiger partial charge in [-0.05, 0) is 367 Å². The molecule has 123 heavy (non-hydrogen) atoms. The summed E-state index contributed by atoms with van der Waals surface area (Å²) in [5, 5.41) is 0. The van der Waals surface area contributed by atoms with E-state index in [1.165, 1.54) is 250 Å². The van der Waals surface area contributed by atoms with E-state index in [9.17, 15) is 0 Å². The van der Waals surface area contributed by atoms with Crippen molar-refractivity contribution < 1.29 is 0 Å². The van der Waals surface area contributed by atoms with Crippen molar-refractivity contribution in [2.24, 2.45) is 82.9 Å². The molecule has 0 saturated heterocycles. The van der Waals surface area contributed by atoms with E-state index in [-0.39, 0.29) is 0 Å². The Kier molecular flexibility index (Phi) is 142. The third-order valence-corrected chi connectivity index (χ3v) is 18.9. The molecule has 0 rings (SSSR count). The molecule has 0 aliphatic heterocycles. The van der Waals surface area contributed by atoms with Crippen LogP contribution in [0.5, 0.6) is 0 Å². The summed E-state index contributed by atoms with van der Waals surface area (Å²) in [4.78, 5) is 0. The summed E-state index contributed by atoms with van der Waals surface area (Å²) in [6, 6.07) is 0. The van der Waals surface area contributed by atoms with E-state index in [0.717, 1.165) is 89.3 Å². The maximum atomic E-state index is 3.87. The Bertz CT molecular complexity index is 2440. The van der Waals surface area contributed by atoms with Crippen LogP contribution in [-0.2, 0) is 0 Å². The molecule has 0 aliphatic rings. The lowest BCUT2D eigenvalue weighted by Crippen LogP contribution is -2.02. The molecule has 0 aromatic heterocycles. The minimum Gasteiger partial charge on any atom is -0.100 e. The Morgan fingerprint density at radius 1 is 0.236 bits per heavy atom. The zero-order valence-electron chi connectivity index (χ0n) is 94.5. The van der Waals surface area contributed by atoms with Crippen molar-refractivity contribution in [2.75, 3.05) is 0 Å². The minimum atomic E-state index is 0.775. The molecule has 0 aromatic rings. The summed E-state index contributed by atoms with van der Waals surface area (Å²) in [7, 11) is 0. The Morgan fingerprint density at radius 2 is 0.577 bits per heavy atom. The van der Waals surface area contributed by atoms with Crippen molar-refractivity contribution >= 4 is 0 Å². The van der Waals surface area contributed by atoms with Gasteiger partial charge in [0.25, 0.3) is 0 Å². The highest BCUT2D eigenvalue weighted by atomic mass is 14.1. The van der Waals surface area contributed by atoms with E-state index in [1.54, 1.807) is 11.1 Å². The maximum Gasteiger partial charge on any atom is -0.0300 e. The van der Waals surface area contributed by atoms with E-state index in [1.807, 2.05) is 0 Å². The predicted molar refractivity (Wildman–Crippen MR) is 593 cm³/mol. The van der Waals surface area contributed by atoms with Crippen LogP contribution in [0.3, 0.4) is 0 Å². The number of allylic oxidation sites excluding steroid dienone is 26.